The third-order valence-electron chi connectivity index (χ3n) is 3.63. The van der Waals surface area contributed by atoms with Crippen molar-refractivity contribution in [3.8, 4) is 11.5 Å². The molecule has 1 amide bonds. The largest absolute Gasteiger partial charge is 0.494 e. The first kappa shape index (κ1) is 18.8. The molecule has 1 aromatic carbocycles. The molecule has 8 heteroatoms. The van der Waals surface area contributed by atoms with Crippen LogP contribution in [-0.4, -0.2) is 28.8 Å². The SMILES string of the molecule is CCOc1ccc(OCc2ccc(C(=O)NCCn3cc(Cl)cn3)o2)cc1. The molecule has 0 fully saturated rings. The van der Waals surface area contributed by atoms with E-state index >= 15 is 0 Å². The van der Waals surface area contributed by atoms with Crippen molar-refractivity contribution in [1.29, 1.82) is 0 Å². The number of benzene rings is 1. The van der Waals surface area contributed by atoms with Gasteiger partial charge in [-0.3, -0.25) is 9.48 Å². The van der Waals surface area contributed by atoms with Gasteiger partial charge in [0.2, 0.25) is 0 Å². The molecule has 7 nitrogen and oxygen atoms in total. The van der Waals surface area contributed by atoms with Crippen LogP contribution in [0.2, 0.25) is 5.02 Å². The molecule has 2 heterocycles. The highest BCUT2D eigenvalue weighted by Crippen LogP contribution is 2.19. The third-order valence-corrected chi connectivity index (χ3v) is 3.82. The zero-order valence-electron chi connectivity index (χ0n) is 14.9. The van der Waals surface area contributed by atoms with Crippen molar-refractivity contribution in [2.75, 3.05) is 13.2 Å². The van der Waals surface area contributed by atoms with E-state index in [1.165, 1.54) is 0 Å². The standard InChI is InChI=1S/C19H20ClN3O4/c1-2-25-15-3-5-16(6-4-15)26-13-17-7-8-18(27-17)19(24)21-9-10-23-12-14(20)11-22-23/h3-8,11-12H,2,9-10,13H2,1H3,(H,21,24). The zero-order valence-corrected chi connectivity index (χ0v) is 15.6. The molecule has 0 radical (unpaired) electrons. The fourth-order valence-electron chi connectivity index (χ4n) is 2.36. The molecule has 142 valence electrons. The summed E-state index contributed by atoms with van der Waals surface area (Å²) in [6, 6.07) is 10.7. The average Bonchev–Trinajstić information content (AvgIpc) is 3.30. The van der Waals surface area contributed by atoms with Crippen LogP contribution in [0.1, 0.15) is 23.2 Å². The summed E-state index contributed by atoms with van der Waals surface area (Å²) in [6.45, 7) is 3.71. The van der Waals surface area contributed by atoms with Crippen LogP contribution >= 0.6 is 11.6 Å². The Bertz CT molecular complexity index is 873. The van der Waals surface area contributed by atoms with Crippen LogP contribution in [0.15, 0.2) is 53.2 Å². The van der Waals surface area contributed by atoms with Crippen molar-refractivity contribution in [2.45, 2.75) is 20.1 Å². The number of nitrogens with zero attached hydrogens (tertiary/aromatic N) is 2. The van der Waals surface area contributed by atoms with E-state index in [-0.39, 0.29) is 18.3 Å². The monoisotopic (exact) mass is 389 g/mol. The average molecular weight is 390 g/mol. The van der Waals surface area contributed by atoms with Gasteiger partial charge in [-0.1, -0.05) is 11.6 Å². The Balaban J connectivity index is 1.45. The van der Waals surface area contributed by atoms with Gasteiger partial charge in [0, 0.05) is 12.7 Å². The van der Waals surface area contributed by atoms with E-state index in [2.05, 4.69) is 10.4 Å². The molecule has 3 rings (SSSR count). The number of nitrogens with one attached hydrogen (secondary N) is 1. The third kappa shape index (κ3) is 5.52. The van der Waals surface area contributed by atoms with E-state index in [0.29, 0.717) is 36.2 Å². The van der Waals surface area contributed by atoms with Crippen LogP contribution in [0.25, 0.3) is 0 Å². The summed E-state index contributed by atoms with van der Waals surface area (Å²) in [5, 5.41) is 7.37. The summed E-state index contributed by atoms with van der Waals surface area (Å²) in [7, 11) is 0. The number of hydrogen-bond donors (Lipinski definition) is 1. The molecular weight excluding hydrogens is 370 g/mol. The van der Waals surface area contributed by atoms with Crippen molar-refractivity contribution < 1.29 is 18.7 Å². The number of furan rings is 1. The van der Waals surface area contributed by atoms with Crippen LogP contribution in [0, 0.1) is 0 Å². The van der Waals surface area contributed by atoms with Crippen LogP contribution in [0.5, 0.6) is 11.5 Å². The smallest absolute Gasteiger partial charge is 0.287 e. The lowest BCUT2D eigenvalue weighted by Gasteiger charge is -2.06. The molecule has 0 saturated heterocycles. The molecule has 0 aliphatic rings. The van der Waals surface area contributed by atoms with Gasteiger partial charge < -0.3 is 19.2 Å². The zero-order chi connectivity index (χ0) is 19.1. The Morgan fingerprint density at radius 3 is 2.59 bits per heavy atom. The molecule has 2 aromatic heterocycles. The van der Waals surface area contributed by atoms with Crippen molar-refractivity contribution in [3.63, 3.8) is 0 Å². The first-order valence-corrected chi connectivity index (χ1v) is 8.92. The van der Waals surface area contributed by atoms with Gasteiger partial charge in [0.15, 0.2) is 5.76 Å². The molecule has 0 atom stereocenters. The van der Waals surface area contributed by atoms with Crippen LogP contribution in [0.3, 0.4) is 0 Å². The second kappa shape index (κ2) is 9.14. The lowest BCUT2D eigenvalue weighted by Crippen LogP contribution is -2.27. The second-order valence-corrected chi connectivity index (χ2v) is 6.07. The van der Waals surface area contributed by atoms with E-state index in [4.69, 9.17) is 25.5 Å². The highest BCUT2D eigenvalue weighted by atomic mass is 35.5. The number of aromatic nitrogens is 2. The van der Waals surface area contributed by atoms with Gasteiger partial charge in [-0.25, -0.2) is 0 Å². The quantitative estimate of drug-likeness (QED) is 0.605. The van der Waals surface area contributed by atoms with Gasteiger partial charge in [0.1, 0.15) is 23.9 Å². The lowest BCUT2D eigenvalue weighted by atomic mass is 10.3. The fourth-order valence-corrected chi connectivity index (χ4v) is 2.52. The van der Waals surface area contributed by atoms with E-state index < -0.39 is 0 Å². The molecule has 1 N–H and O–H groups in total. The molecule has 3 aromatic rings. The van der Waals surface area contributed by atoms with E-state index in [0.717, 1.165) is 5.75 Å². The Morgan fingerprint density at radius 2 is 1.93 bits per heavy atom. The maximum Gasteiger partial charge on any atom is 0.287 e. The Labute approximate surface area is 161 Å². The minimum Gasteiger partial charge on any atom is -0.494 e. The normalized spacial score (nSPS) is 10.6. The van der Waals surface area contributed by atoms with Gasteiger partial charge in [-0.2, -0.15) is 5.10 Å². The van der Waals surface area contributed by atoms with E-state index in [9.17, 15) is 4.79 Å². The van der Waals surface area contributed by atoms with E-state index in [1.807, 2.05) is 31.2 Å². The van der Waals surface area contributed by atoms with Crippen molar-refractivity contribution in [1.82, 2.24) is 15.1 Å². The number of amides is 1. The summed E-state index contributed by atoms with van der Waals surface area (Å²) < 4.78 is 18.2. The predicted molar refractivity (Wildman–Crippen MR) is 100 cm³/mol. The number of halogens is 1. The number of hydrogen-bond acceptors (Lipinski definition) is 5. The molecule has 0 bridgehead atoms. The van der Waals surface area contributed by atoms with Gasteiger partial charge in [-0.05, 0) is 43.3 Å². The minimum absolute atomic E-state index is 0.229. The predicted octanol–water partition coefficient (Wildman–Crippen LogP) is 3.54. The topological polar surface area (TPSA) is 78.5 Å². The highest BCUT2D eigenvalue weighted by molar-refractivity contribution is 6.30. The molecule has 0 aliphatic heterocycles. The maximum atomic E-state index is 12.1. The van der Waals surface area contributed by atoms with Crippen molar-refractivity contribution in [2.24, 2.45) is 0 Å². The molecule has 0 unspecified atom stereocenters. The lowest BCUT2D eigenvalue weighted by molar-refractivity contribution is 0.0920. The first-order valence-electron chi connectivity index (χ1n) is 8.54. The second-order valence-electron chi connectivity index (χ2n) is 5.64. The Kier molecular flexibility index (Phi) is 6.38. The summed E-state index contributed by atoms with van der Waals surface area (Å²) in [5.74, 6) is 1.99. The summed E-state index contributed by atoms with van der Waals surface area (Å²) >= 11 is 5.79. The molecule has 27 heavy (non-hydrogen) atoms. The van der Waals surface area contributed by atoms with Crippen LogP contribution < -0.4 is 14.8 Å². The van der Waals surface area contributed by atoms with Gasteiger partial charge >= 0.3 is 0 Å². The summed E-state index contributed by atoms with van der Waals surface area (Å²) in [4.78, 5) is 12.1. The van der Waals surface area contributed by atoms with E-state index in [1.54, 1.807) is 29.2 Å². The number of rotatable bonds is 9. The highest BCUT2D eigenvalue weighted by Gasteiger charge is 2.11. The number of carbonyl (C=O) groups excluding carboxylic acids is 1. The maximum absolute atomic E-state index is 12.1. The first-order chi connectivity index (χ1) is 13.1. The minimum atomic E-state index is -0.291. The molecule has 0 aliphatic carbocycles. The summed E-state index contributed by atoms with van der Waals surface area (Å²) in [6.07, 6.45) is 3.24. The van der Waals surface area contributed by atoms with Gasteiger partial charge in [0.25, 0.3) is 5.91 Å². The van der Waals surface area contributed by atoms with Crippen LogP contribution in [0.4, 0.5) is 0 Å². The van der Waals surface area contributed by atoms with Gasteiger partial charge in [0.05, 0.1) is 24.4 Å². The fraction of sp³-hybridized carbons (Fsp3) is 0.263. The van der Waals surface area contributed by atoms with Gasteiger partial charge in [-0.15, -0.1) is 0 Å². The van der Waals surface area contributed by atoms with Crippen molar-refractivity contribution >= 4 is 17.5 Å². The van der Waals surface area contributed by atoms with Crippen molar-refractivity contribution in [3.05, 3.63) is 65.3 Å². The Hall–Kier alpha value is -2.93. The Morgan fingerprint density at radius 1 is 1.19 bits per heavy atom. The number of carbonyl (C=O) groups is 1. The molecular formula is C19H20ClN3O4. The van der Waals surface area contributed by atoms with Crippen LogP contribution in [-0.2, 0) is 13.2 Å². The number of ether oxygens (including phenoxy) is 2. The summed E-state index contributed by atoms with van der Waals surface area (Å²) in [5.41, 5.74) is 0. The molecule has 0 saturated carbocycles. The molecule has 0 spiro atoms.